The minimum atomic E-state index is 1.09. The Morgan fingerprint density at radius 2 is 0.857 bits per heavy atom. The summed E-state index contributed by atoms with van der Waals surface area (Å²) >= 11 is 0. The topological polar surface area (TPSA) is 4.93 Å². The predicted octanol–water partition coefficient (Wildman–Crippen LogP) is 13.1. The summed E-state index contributed by atoms with van der Waals surface area (Å²) in [5.41, 5.74) is 12.6. The summed E-state index contributed by atoms with van der Waals surface area (Å²) in [6, 6.07) is 60.4. The van der Waals surface area contributed by atoms with Crippen LogP contribution in [0.2, 0.25) is 0 Å². The van der Waals surface area contributed by atoms with Crippen molar-refractivity contribution in [2.24, 2.45) is 0 Å². The van der Waals surface area contributed by atoms with Crippen molar-refractivity contribution in [1.29, 1.82) is 0 Å². The van der Waals surface area contributed by atoms with Gasteiger partial charge >= 0.3 is 0 Å². The van der Waals surface area contributed by atoms with Crippen molar-refractivity contribution in [2.75, 3.05) is 0 Å². The average Bonchev–Trinajstić information content (AvgIpc) is 3.52. The Bertz CT molecular complexity index is 2740. The van der Waals surface area contributed by atoms with Gasteiger partial charge in [-0.25, -0.2) is 0 Å². The molecule has 0 bridgehead atoms. The van der Waals surface area contributed by atoms with Gasteiger partial charge in [-0.15, -0.1) is 0 Å². The SMILES string of the molecule is C1=Cc2c(c3ccccc3n2-c2cccc(-c3cccc(-c4cccc(-c5ccc6c7ccccc7c7ccccc7c6c5)c4)c3)c2)CC1. The van der Waals surface area contributed by atoms with E-state index in [0.29, 0.717) is 0 Å². The third-order valence-corrected chi connectivity index (χ3v) is 10.4. The molecule has 9 aromatic rings. The second-order valence-corrected chi connectivity index (χ2v) is 13.2. The summed E-state index contributed by atoms with van der Waals surface area (Å²) < 4.78 is 2.44. The van der Waals surface area contributed by atoms with E-state index < -0.39 is 0 Å². The number of allylic oxidation sites excluding steroid dienone is 1. The number of hydrogen-bond acceptors (Lipinski definition) is 0. The van der Waals surface area contributed by atoms with E-state index in [0.717, 1.165) is 12.8 Å². The minimum absolute atomic E-state index is 1.09. The molecule has 8 aromatic carbocycles. The van der Waals surface area contributed by atoms with Crippen LogP contribution in [0.15, 0.2) is 170 Å². The smallest absolute Gasteiger partial charge is 0.0537 e. The fourth-order valence-corrected chi connectivity index (χ4v) is 8.13. The highest BCUT2D eigenvalue weighted by molar-refractivity contribution is 6.25. The first-order valence-corrected chi connectivity index (χ1v) is 17.2. The normalized spacial score (nSPS) is 12.7. The Balaban J connectivity index is 1.05. The summed E-state index contributed by atoms with van der Waals surface area (Å²) in [5, 5.41) is 9.18. The van der Waals surface area contributed by atoms with Crippen molar-refractivity contribution < 1.29 is 0 Å². The molecule has 0 spiro atoms. The van der Waals surface area contributed by atoms with Crippen LogP contribution in [-0.2, 0) is 6.42 Å². The molecule has 0 saturated carbocycles. The largest absolute Gasteiger partial charge is 0.310 e. The van der Waals surface area contributed by atoms with Gasteiger partial charge in [0, 0.05) is 16.8 Å². The van der Waals surface area contributed by atoms with Crippen LogP contribution in [0.25, 0.3) is 88.4 Å². The zero-order valence-corrected chi connectivity index (χ0v) is 27.1. The zero-order valence-electron chi connectivity index (χ0n) is 27.1. The second-order valence-electron chi connectivity index (χ2n) is 13.2. The number of nitrogens with zero attached hydrogens (tertiary/aromatic N) is 1. The van der Waals surface area contributed by atoms with E-state index in [1.807, 2.05) is 0 Å². The molecule has 1 heterocycles. The van der Waals surface area contributed by atoms with Crippen LogP contribution in [-0.4, -0.2) is 4.57 Å². The number of para-hydroxylation sites is 1. The molecule has 0 atom stereocenters. The van der Waals surface area contributed by atoms with Crippen molar-refractivity contribution in [3.8, 4) is 39.1 Å². The molecule has 1 nitrogen and oxygen atoms in total. The van der Waals surface area contributed by atoms with Gasteiger partial charge in [0.1, 0.15) is 0 Å². The summed E-state index contributed by atoms with van der Waals surface area (Å²) in [7, 11) is 0. The molecule has 0 unspecified atom stereocenters. The quantitative estimate of drug-likeness (QED) is 0.172. The van der Waals surface area contributed by atoms with Crippen LogP contribution < -0.4 is 0 Å². The Morgan fingerprint density at radius 3 is 1.49 bits per heavy atom. The molecule has 10 rings (SSSR count). The van der Waals surface area contributed by atoms with Gasteiger partial charge in [-0.05, 0) is 127 Å². The monoisotopic (exact) mass is 623 g/mol. The van der Waals surface area contributed by atoms with Gasteiger partial charge in [0.15, 0.2) is 0 Å². The van der Waals surface area contributed by atoms with Crippen molar-refractivity contribution in [3.63, 3.8) is 0 Å². The van der Waals surface area contributed by atoms with Gasteiger partial charge in [0.2, 0.25) is 0 Å². The third kappa shape index (κ3) is 4.54. The third-order valence-electron chi connectivity index (χ3n) is 10.4. The van der Waals surface area contributed by atoms with Crippen LogP contribution in [0.5, 0.6) is 0 Å². The molecule has 0 fully saturated rings. The Kier molecular flexibility index (Phi) is 6.38. The van der Waals surface area contributed by atoms with Crippen LogP contribution in [0, 0.1) is 0 Å². The molecule has 0 radical (unpaired) electrons. The van der Waals surface area contributed by atoms with E-state index in [-0.39, 0.29) is 0 Å². The van der Waals surface area contributed by atoms with E-state index in [4.69, 9.17) is 0 Å². The van der Waals surface area contributed by atoms with E-state index >= 15 is 0 Å². The van der Waals surface area contributed by atoms with E-state index in [1.54, 1.807) is 0 Å². The van der Waals surface area contributed by atoms with Crippen LogP contribution in [0.4, 0.5) is 0 Å². The van der Waals surface area contributed by atoms with Crippen molar-refractivity contribution in [2.45, 2.75) is 12.8 Å². The highest BCUT2D eigenvalue weighted by Crippen LogP contribution is 2.39. The lowest BCUT2D eigenvalue weighted by molar-refractivity contribution is 0.968. The van der Waals surface area contributed by atoms with E-state index in [1.165, 1.54) is 93.5 Å². The van der Waals surface area contributed by atoms with Gasteiger partial charge in [-0.2, -0.15) is 0 Å². The van der Waals surface area contributed by atoms with Gasteiger partial charge in [-0.3, -0.25) is 0 Å². The number of aromatic nitrogens is 1. The summed E-state index contributed by atoms with van der Waals surface area (Å²) in [4.78, 5) is 0. The number of aryl methyl sites for hydroxylation is 1. The molecular formula is C48H33N. The Labute approximate surface area is 286 Å². The molecule has 230 valence electrons. The summed E-state index contributed by atoms with van der Waals surface area (Å²) in [6.07, 6.45) is 6.80. The molecule has 0 aliphatic heterocycles. The van der Waals surface area contributed by atoms with Gasteiger partial charge in [-0.1, -0.05) is 133 Å². The Morgan fingerprint density at radius 1 is 0.367 bits per heavy atom. The molecule has 1 aromatic heterocycles. The fourth-order valence-electron chi connectivity index (χ4n) is 8.13. The van der Waals surface area contributed by atoms with Gasteiger partial charge in [0.25, 0.3) is 0 Å². The van der Waals surface area contributed by atoms with Crippen molar-refractivity contribution >= 4 is 49.3 Å². The first-order valence-electron chi connectivity index (χ1n) is 17.2. The number of rotatable bonds is 4. The molecule has 1 aliphatic rings. The molecule has 1 heteroatoms. The van der Waals surface area contributed by atoms with Crippen molar-refractivity contribution in [3.05, 3.63) is 181 Å². The van der Waals surface area contributed by atoms with Crippen LogP contribution in [0.1, 0.15) is 17.7 Å². The fraction of sp³-hybridized carbons (Fsp3) is 0.0417. The number of benzene rings is 8. The van der Waals surface area contributed by atoms with Crippen LogP contribution in [0.3, 0.4) is 0 Å². The Hall–Kier alpha value is -6.18. The summed E-state index contributed by atoms with van der Waals surface area (Å²) in [5.74, 6) is 0. The highest BCUT2D eigenvalue weighted by Gasteiger charge is 2.18. The maximum Gasteiger partial charge on any atom is 0.0537 e. The molecule has 0 amide bonds. The lowest BCUT2D eigenvalue weighted by Gasteiger charge is -2.14. The standard InChI is InChI=1S/C48H33N/c1-2-20-41-39(18-1)40-19-3-4-21-42(40)46-31-37(26-27-43(41)46)35-15-10-13-33(29-35)32-12-9-14-34(28-32)36-16-11-17-38(30-36)49-47-24-7-5-22-44(47)45-23-6-8-25-48(45)49/h1-5,7-22,24-31H,6,23H2. The van der Waals surface area contributed by atoms with Gasteiger partial charge < -0.3 is 4.57 Å². The van der Waals surface area contributed by atoms with Gasteiger partial charge in [0.05, 0.1) is 5.52 Å². The van der Waals surface area contributed by atoms with E-state index in [9.17, 15) is 0 Å². The van der Waals surface area contributed by atoms with Crippen LogP contribution >= 0.6 is 0 Å². The first kappa shape index (κ1) is 27.9. The molecule has 0 N–H and O–H groups in total. The molecule has 0 saturated heterocycles. The maximum absolute atomic E-state index is 2.44. The highest BCUT2D eigenvalue weighted by atomic mass is 15.0. The van der Waals surface area contributed by atoms with Crippen molar-refractivity contribution in [1.82, 2.24) is 4.57 Å². The lowest BCUT2D eigenvalue weighted by atomic mass is 9.91. The predicted molar refractivity (Wildman–Crippen MR) is 209 cm³/mol. The average molecular weight is 624 g/mol. The molecular weight excluding hydrogens is 591 g/mol. The molecule has 1 aliphatic carbocycles. The van der Waals surface area contributed by atoms with E-state index in [2.05, 4.69) is 181 Å². The first-order chi connectivity index (χ1) is 24.3. The zero-order chi connectivity index (χ0) is 32.3. The number of hydrogen-bond donors (Lipinski definition) is 0. The minimum Gasteiger partial charge on any atom is -0.310 e. The molecule has 49 heavy (non-hydrogen) atoms. The second kappa shape index (κ2) is 11.2. The summed E-state index contributed by atoms with van der Waals surface area (Å²) in [6.45, 7) is 0. The maximum atomic E-state index is 2.44. The lowest BCUT2D eigenvalue weighted by Crippen LogP contribution is -2.00. The number of fused-ring (bicyclic) bond motifs is 9.